The molecule has 0 radical (unpaired) electrons. The number of aryl methyl sites for hydroxylation is 2. The van der Waals surface area contributed by atoms with Gasteiger partial charge in [-0.1, -0.05) is 13.8 Å². The van der Waals surface area contributed by atoms with Crippen LogP contribution in [0.1, 0.15) is 49.6 Å². The fourth-order valence-corrected chi connectivity index (χ4v) is 4.89. The fraction of sp³-hybridized carbons (Fsp3) is 0.476. The SMILES string of the molecule is CCN1CC(C)(C)c2cc3[nH]c4c(c3cc21)CCCc1c-4n[nH]c1C. The van der Waals surface area contributed by atoms with Crippen LogP contribution in [-0.4, -0.2) is 28.3 Å². The van der Waals surface area contributed by atoms with Crippen LogP contribution in [0, 0.1) is 6.92 Å². The monoisotopic (exact) mass is 334 g/mol. The molecule has 0 spiro atoms. The van der Waals surface area contributed by atoms with Crippen molar-refractivity contribution in [1.82, 2.24) is 15.2 Å². The molecule has 1 aromatic carbocycles. The summed E-state index contributed by atoms with van der Waals surface area (Å²) in [6.45, 7) is 11.3. The highest BCUT2D eigenvalue weighted by atomic mass is 15.2. The third-order valence-corrected chi connectivity index (χ3v) is 6.22. The van der Waals surface area contributed by atoms with E-state index in [0.717, 1.165) is 31.6 Å². The number of aromatic nitrogens is 3. The molecule has 5 rings (SSSR count). The predicted octanol–water partition coefficient (Wildman–Crippen LogP) is 4.47. The van der Waals surface area contributed by atoms with Crippen molar-refractivity contribution in [2.24, 2.45) is 0 Å². The van der Waals surface area contributed by atoms with E-state index in [1.165, 1.54) is 51.1 Å². The van der Waals surface area contributed by atoms with Crippen molar-refractivity contribution < 1.29 is 0 Å². The molecule has 3 heterocycles. The maximum atomic E-state index is 4.62. The summed E-state index contributed by atoms with van der Waals surface area (Å²) in [5.41, 5.74) is 10.8. The van der Waals surface area contributed by atoms with E-state index in [1.54, 1.807) is 0 Å². The van der Waals surface area contributed by atoms with Crippen LogP contribution in [0.2, 0.25) is 0 Å². The Kier molecular flexibility index (Phi) is 2.95. The Morgan fingerprint density at radius 2 is 2.00 bits per heavy atom. The Labute approximate surface area is 148 Å². The maximum absolute atomic E-state index is 4.62. The van der Waals surface area contributed by atoms with Crippen LogP contribution < -0.4 is 4.90 Å². The zero-order valence-corrected chi connectivity index (χ0v) is 15.6. The number of hydrogen-bond acceptors (Lipinski definition) is 2. The molecule has 0 saturated carbocycles. The summed E-state index contributed by atoms with van der Waals surface area (Å²) in [5.74, 6) is 0. The second-order valence-corrected chi connectivity index (χ2v) is 8.32. The van der Waals surface area contributed by atoms with E-state index in [9.17, 15) is 0 Å². The standard InChI is InChI=1S/C21H26N4/c1-5-25-11-21(3,4)16-10-17-15(9-18(16)25)14-8-6-7-13-12(2)23-24-20(13)19(14)22-17/h9-10,22H,5-8,11H2,1-4H3,(H,23,24). The van der Waals surface area contributed by atoms with Crippen LogP contribution in [-0.2, 0) is 18.3 Å². The van der Waals surface area contributed by atoms with Crippen LogP contribution in [0.15, 0.2) is 12.1 Å². The average molecular weight is 334 g/mol. The van der Waals surface area contributed by atoms with Gasteiger partial charge in [-0.3, -0.25) is 5.10 Å². The molecule has 3 aromatic rings. The van der Waals surface area contributed by atoms with E-state index in [-0.39, 0.29) is 5.41 Å². The number of fused-ring (bicyclic) bond motifs is 6. The molecule has 2 aliphatic rings. The quantitative estimate of drug-likeness (QED) is 0.689. The molecule has 4 heteroatoms. The van der Waals surface area contributed by atoms with Gasteiger partial charge in [0.25, 0.3) is 0 Å². The highest BCUT2D eigenvalue weighted by Gasteiger charge is 2.35. The molecule has 0 unspecified atom stereocenters. The van der Waals surface area contributed by atoms with Gasteiger partial charge in [-0.15, -0.1) is 0 Å². The van der Waals surface area contributed by atoms with E-state index in [0.29, 0.717) is 0 Å². The smallest absolute Gasteiger partial charge is 0.112 e. The van der Waals surface area contributed by atoms with Crippen molar-refractivity contribution in [2.45, 2.75) is 52.4 Å². The van der Waals surface area contributed by atoms with Crippen LogP contribution >= 0.6 is 0 Å². The van der Waals surface area contributed by atoms with Gasteiger partial charge in [-0.2, -0.15) is 5.10 Å². The third-order valence-electron chi connectivity index (χ3n) is 6.22. The molecule has 1 aliphatic carbocycles. The van der Waals surface area contributed by atoms with Crippen molar-refractivity contribution in [2.75, 3.05) is 18.0 Å². The van der Waals surface area contributed by atoms with E-state index < -0.39 is 0 Å². The highest BCUT2D eigenvalue weighted by Crippen LogP contribution is 2.45. The lowest BCUT2D eigenvalue weighted by atomic mass is 9.86. The lowest BCUT2D eigenvalue weighted by Crippen LogP contribution is -2.28. The Balaban J connectivity index is 1.79. The van der Waals surface area contributed by atoms with E-state index in [1.807, 2.05) is 0 Å². The zero-order chi connectivity index (χ0) is 17.3. The molecule has 130 valence electrons. The summed E-state index contributed by atoms with van der Waals surface area (Å²) in [4.78, 5) is 6.25. The lowest BCUT2D eigenvalue weighted by molar-refractivity contribution is 0.555. The van der Waals surface area contributed by atoms with Crippen LogP contribution in [0.3, 0.4) is 0 Å². The van der Waals surface area contributed by atoms with Gasteiger partial charge in [0, 0.05) is 46.4 Å². The normalized spacial score (nSPS) is 18.2. The summed E-state index contributed by atoms with van der Waals surface area (Å²) in [7, 11) is 0. The van der Waals surface area contributed by atoms with Gasteiger partial charge < -0.3 is 9.88 Å². The molecule has 0 bridgehead atoms. The Hall–Kier alpha value is -2.23. The molecule has 4 nitrogen and oxygen atoms in total. The second-order valence-electron chi connectivity index (χ2n) is 8.32. The van der Waals surface area contributed by atoms with Crippen molar-refractivity contribution in [3.8, 4) is 11.4 Å². The van der Waals surface area contributed by atoms with E-state index in [2.05, 4.69) is 59.9 Å². The lowest BCUT2D eigenvalue weighted by Gasteiger charge is -2.20. The number of nitrogens with zero attached hydrogens (tertiary/aromatic N) is 2. The van der Waals surface area contributed by atoms with Crippen LogP contribution in [0.4, 0.5) is 5.69 Å². The number of H-pyrrole nitrogens is 2. The molecule has 0 amide bonds. The minimum absolute atomic E-state index is 0.204. The fourth-order valence-electron chi connectivity index (χ4n) is 4.89. The molecular formula is C21H26N4. The minimum atomic E-state index is 0.204. The first kappa shape index (κ1) is 15.1. The molecule has 0 atom stereocenters. The minimum Gasteiger partial charge on any atom is -0.371 e. The number of likely N-dealkylation sites (N-methyl/N-ethyl adjacent to an activating group) is 1. The Bertz CT molecular complexity index is 989. The van der Waals surface area contributed by atoms with Crippen molar-refractivity contribution in [1.29, 1.82) is 0 Å². The molecule has 1 aliphatic heterocycles. The predicted molar refractivity (Wildman–Crippen MR) is 104 cm³/mol. The first-order chi connectivity index (χ1) is 12.0. The number of nitrogens with one attached hydrogen (secondary N) is 2. The molecule has 2 N–H and O–H groups in total. The number of benzene rings is 1. The topological polar surface area (TPSA) is 47.7 Å². The van der Waals surface area contributed by atoms with Gasteiger partial charge in [0.05, 0.1) is 5.69 Å². The summed E-state index contributed by atoms with van der Waals surface area (Å²) >= 11 is 0. The Morgan fingerprint density at radius 3 is 2.80 bits per heavy atom. The van der Waals surface area contributed by atoms with Crippen LogP contribution in [0.5, 0.6) is 0 Å². The zero-order valence-electron chi connectivity index (χ0n) is 15.6. The first-order valence-electron chi connectivity index (χ1n) is 9.48. The van der Waals surface area contributed by atoms with Crippen molar-refractivity contribution >= 4 is 16.6 Å². The molecular weight excluding hydrogens is 308 g/mol. The van der Waals surface area contributed by atoms with Crippen molar-refractivity contribution in [3.05, 3.63) is 34.5 Å². The summed E-state index contributed by atoms with van der Waals surface area (Å²) in [6.07, 6.45) is 3.42. The van der Waals surface area contributed by atoms with E-state index >= 15 is 0 Å². The molecule has 2 aromatic heterocycles. The molecule has 0 saturated heterocycles. The van der Waals surface area contributed by atoms with Crippen molar-refractivity contribution in [3.63, 3.8) is 0 Å². The maximum Gasteiger partial charge on any atom is 0.112 e. The summed E-state index contributed by atoms with van der Waals surface area (Å²) in [5, 5.41) is 9.20. The largest absolute Gasteiger partial charge is 0.371 e. The third kappa shape index (κ3) is 1.97. The number of rotatable bonds is 1. The van der Waals surface area contributed by atoms with Gasteiger partial charge in [0.15, 0.2) is 0 Å². The molecule has 0 fully saturated rings. The van der Waals surface area contributed by atoms with Gasteiger partial charge in [-0.25, -0.2) is 0 Å². The van der Waals surface area contributed by atoms with E-state index in [4.69, 9.17) is 0 Å². The van der Waals surface area contributed by atoms with Gasteiger partial charge >= 0.3 is 0 Å². The van der Waals surface area contributed by atoms with Crippen LogP contribution in [0.25, 0.3) is 22.3 Å². The van der Waals surface area contributed by atoms with Gasteiger partial charge in [0.1, 0.15) is 5.69 Å². The summed E-state index contributed by atoms with van der Waals surface area (Å²) < 4.78 is 0. The first-order valence-corrected chi connectivity index (χ1v) is 9.48. The second kappa shape index (κ2) is 4.90. The number of hydrogen-bond donors (Lipinski definition) is 2. The van der Waals surface area contributed by atoms with Gasteiger partial charge in [-0.05, 0) is 56.4 Å². The number of anilines is 1. The Morgan fingerprint density at radius 1 is 1.20 bits per heavy atom. The van der Waals surface area contributed by atoms with Gasteiger partial charge in [0.2, 0.25) is 0 Å². The summed E-state index contributed by atoms with van der Waals surface area (Å²) in [6, 6.07) is 4.83. The highest BCUT2D eigenvalue weighted by molar-refractivity contribution is 5.95. The molecule has 25 heavy (non-hydrogen) atoms. The average Bonchev–Trinajstić information content (AvgIpc) is 3.15. The number of aromatic amines is 2.